The van der Waals surface area contributed by atoms with E-state index in [0.29, 0.717) is 24.0 Å². The molecule has 2 aliphatic heterocycles. The molecule has 2 unspecified atom stereocenters. The van der Waals surface area contributed by atoms with Crippen LogP contribution in [0.5, 0.6) is 5.75 Å². The first-order valence-corrected chi connectivity index (χ1v) is 10.7. The fourth-order valence-electron chi connectivity index (χ4n) is 4.37. The molecule has 0 radical (unpaired) electrons. The molecule has 2 saturated heterocycles. The lowest BCUT2D eigenvalue weighted by Gasteiger charge is -2.43. The van der Waals surface area contributed by atoms with Crippen molar-refractivity contribution in [2.75, 3.05) is 39.8 Å². The third-order valence-corrected chi connectivity index (χ3v) is 5.65. The minimum atomic E-state index is -1.51. The molecule has 2 bridgehead atoms. The number of carbonyl (C=O) groups is 3. The first-order valence-electron chi connectivity index (χ1n) is 10.7. The number of ether oxygens (including phenoxy) is 1. The summed E-state index contributed by atoms with van der Waals surface area (Å²) in [5, 5.41) is 17.2. The van der Waals surface area contributed by atoms with E-state index >= 15 is 0 Å². The number of carbonyl (C=O) groups excluding carboxylic acids is 2. The fraction of sp³-hybridized carbons (Fsp3) is 0.522. The van der Waals surface area contributed by atoms with Crippen molar-refractivity contribution in [3.63, 3.8) is 0 Å². The highest BCUT2D eigenvalue weighted by Crippen LogP contribution is 2.24. The SMILES string of the molecule is CCCC[NH+]1CC2CC(CN(C(=O)c3ccc(OC)cc3)C2)C1.O=C([O-])/C=C\C(=O)O. The number of benzene rings is 1. The lowest BCUT2D eigenvalue weighted by Crippen LogP contribution is -3.15. The van der Waals surface area contributed by atoms with Crippen LogP contribution in [0.15, 0.2) is 36.4 Å². The van der Waals surface area contributed by atoms with Gasteiger partial charge in [0.2, 0.25) is 0 Å². The Bertz CT molecular complexity index is 747. The normalized spacial score (nSPS) is 22.4. The number of nitrogens with one attached hydrogen (secondary N) is 1. The third kappa shape index (κ3) is 8.05. The van der Waals surface area contributed by atoms with Gasteiger partial charge in [0.25, 0.3) is 5.91 Å². The zero-order valence-corrected chi connectivity index (χ0v) is 18.2. The molecular formula is C23H32N2O6. The number of likely N-dealkylation sites (tertiary alicyclic amines) is 2. The molecule has 8 nitrogen and oxygen atoms in total. The van der Waals surface area contributed by atoms with E-state index in [9.17, 15) is 19.5 Å². The number of amides is 1. The van der Waals surface area contributed by atoms with E-state index in [4.69, 9.17) is 9.84 Å². The molecule has 31 heavy (non-hydrogen) atoms. The molecule has 8 heteroatoms. The Hall–Kier alpha value is -2.87. The number of piperidine rings is 2. The summed E-state index contributed by atoms with van der Waals surface area (Å²) in [7, 11) is 1.65. The largest absolute Gasteiger partial charge is 0.545 e. The molecular weight excluding hydrogens is 400 g/mol. The van der Waals surface area contributed by atoms with Crippen LogP contribution in [0, 0.1) is 11.8 Å². The molecule has 1 amide bonds. The molecule has 2 N–H and O–H groups in total. The highest BCUT2D eigenvalue weighted by atomic mass is 16.5. The molecule has 1 aromatic rings. The van der Waals surface area contributed by atoms with Crippen LogP contribution in [-0.2, 0) is 9.59 Å². The van der Waals surface area contributed by atoms with Gasteiger partial charge in [0, 0.05) is 36.6 Å². The monoisotopic (exact) mass is 432 g/mol. The minimum Gasteiger partial charge on any atom is -0.545 e. The second-order valence-electron chi connectivity index (χ2n) is 8.16. The molecule has 0 aromatic heterocycles. The van der Waals surface area contributed by atoms with Crippen LogP contribution in [0.1, 0.15) is 36.5 Å². The molecule has 2 heterocycles. The zero-order chi connectivity index (χ0) is 22.8. The van der Waals surface area contributed by atoms with Crippen LogP contribution in [0.2, 0.25) is 0 Å². The number of hydrogen-bond donors (Lipinski definition) is 2. The van der Waals surface area contributed by atoms with Gasteiger partial charge in [-0.2, -0.15) is 0 Å². The predicted molar refractivity (Wildman–Crippen MR) is 113 cm³/mol. The molecule has 2 atom stereocenters. The van der Waals surface area contributed by atoms with Crippen molar-refractivity contribution in [3.8, 4) is 5.75 Å². The maximum Gasteiger partial charge on any atom is 0.328 e. The summed E-state index contributed by atoms with van der Waals surface area (Å²) < 4.78 is 5.17. The van der Waals surface area contributed by atoms with Crippen LogP contribution in [0.3, 0.4) is 0 Å². The lowest BCUT2D eigenvalue weighted by molar-refractivity contribution is -0.913. The average molecular weight is 433 g/mol. The Kier molecular flexibility index (Phi) is 9.52. The van der Waals surface area contributed by atoms with Crippen LogP contribution in [0.25, 0.3) is 0 Å². The van der Waals surface area contributed by atoms with Crippen molar-refractivity contribution in [2.45, 2.75) is 26.2 Å². The van der Waals surface area contributed by atoms with Crippen molar-refractivity contribution < 1.29 is 34.2 Å². The molecule has 0 saturated carbocycles. The van der Waals surface area contributed by atoms with E-state index in [1.54, 1.807) is 12.0 Å². The number of aliphatic carboxylic acids is 2. The second kappa shape index (κ2) is 12.1. The van der Waals surface area contributed by atoms with Crippen LogP contribution in [0.4, 0.5) is 0 Å². The summed E-state index contributed by atoms with van der Waals surface area (Å²) >= 11 is 0. The molecule has 0 spiro atoms. The maximum atomic E-state index is 12.8. The predicted octanol–water partition coefficient (Wildman–Crippen LogP) is -0.151. The number of quaternary nitrogens is 1. The van der Waals surface area contributed by atoms with Crippen molar-refractivity contribution in [1.82, 2.24) is 4.90 Å². The van der Waals surface area contributed by atoms with Gasteiger partial charge in [-0.15, -0.1) is 0 Å². The molecule has 3 rings (SSSR count). The minimum absolute atomic E-state index is 0.180. The van der Waals surface area contributed by atoms with Gasteiger partial charge < -0.3 is 29.5 Å². The summed E-state index contributed by atoms with van der Waals surface area (Å²) in [6, 6.07) is 7.50. The van der Waals surface area contributed by atoms with Gasteiger partial charge in [-0.3, -0.25) is 4.79 Å². The van der Waals surface area contributed by atoms with E-state index in [1.165, 1.54) is 38.9 Å². The molecule has 170 valence electrons. The van der Waals surface area contributed by atoms with Gasteiger partial charge in [-0.05, 0) is 43.2 Å². The quantitative estimate of drug-likeness (QED) is 0.580. The van der Waals surface area contributed by atoms with E-state index in [0.717, 1.165) is 24.4 Å². The summed E-state index contributed by atoms with van der Waals surface area (Å²) in [5.41, 5.74) is 0.779. The number of unbranched alkanes of at least 4 members (excludes halogenated alkanes) is 1. The number of methoxy groups -OCH3 is 1. The number of fused-ring (bicyclic) bond motifs is 2. The molecule has 1 aromatic carbocycles. The summed E-state index contributed by atoms with van der Waals surface area (Å²) in [6.45, 7) is 7.90. The molecule has 0 aliphatic carbocycles. The van der Waals surface area contributed by atoms with E-state index in [2.05, 4.69) is 11.8 Å². The fourth-order valence-corrected chi connectivity index (χ4v) is 4.37. The van der Waals surface area contributed by atoms with Gasteiger partial charge in [0.15, 0.2) is 0 Å². The Labute approximate surface area is 183 Å². The van der Waals surface area contributed by atoms with Gasteiger partial charge >= 0.3 is 5.97 Å². The molecule has 2 aliphatic rings. The summed E-state index contributed by atoms with van der Waals surface area (Å²) in [4.78, 5) is 35.6. The lowest BCUT2D eigenvalue weighted by atomic mass is 9.84. The smallest absolute Gasteiger partial charge is 0.328 e. The second-order valence-corrected chi connectivity index (χ2v) is 8.16. The number of nitrogens with zero attached hydrogens (tertiary/aromatic N) is 1. The first kappa shape index (κ1) is 24.4. The van der Waals surface area contributed by atoms with E-state index < -0.39 is 11.9 Å². The average Bonchev–Trinajstić information content (AvgIpc) is 2.75. The maximum absolute atomic E-state index is 12.8. The number of hydrogen-bond acceptors (Lipinski definition) is 5. The van der Waals surface area contributed by atoms with Crippen LogP contribution >= 0.6 is 0 Å². The van der Waals surface area contributed by atoms with E-state index in [-0.39, 0.29) is 5.91 Å². The third-order valence-electron chi connectivity index (χ3n) is 5.65. The van der Waals surface area contributed by atoms with E-state index in [1.807, 2.05) is 24.3 Å². The van der Waals surface area contributed by atoms with Gasteiger partial charge in [0.05, 0.1) is 32.7 Å². The summed E-state index contributed by atoms with van der Waals surface area (Å²) in [6.07, 6.45) is 4.85. The van der Waals surface area contributed by atoms with Crippen molar-refractivity contribution in [2.24, 2.45) is 11.8 Å². The van der Waals surface area contributed by atoms with Crippen molar-refractivity contribution in [3.05, 3.63) is 42.0 Å². The van der Waals surface area contributed by atoms with Gasteiger partial charge in [-0.25, -0.2) is 4.79 Å². The van der Waals surface area contributed by atoms with Crippen molar-refractivity contribution >= 4 is 17.8 Å². The van der Waals surface area contributed by atoms with Gasteiger partial charge in [0.1, 0.15) is 5.75 Å². The number of carboxylic acid groups (broad SMARTS) is 2. The van der Waals surface area contributed by atoms with Crippen LogP contribution < -0.4 is 14.7 Å². The van der Waals surface area contributed by atoms with Crippen LogP contribution in [-0.4, -0.2) is 67.7 Å². The van der Waals surface area contributed by atoms with Crippen molar-refractivity contribution in [1.29, 1.82) is 0 Å². The van der Waals surface area contributed by atoms with Gasteiger partial charge in [-0.1, -0.05) is 13.3 Å². The highest BCUT2D eigenvalue weighted by Gasteiger charge is 2.38. The topological polar surface area (TPSA) is 111 Å². The number of carboxylic acids is 2. The zero-order valence-electron chi connectivity index (χ0n) is 18.2. The summed E-state index contributed by atoms with van der Waals surface area (Å²) in [5.74, 6) is -0.471. The highest BCUT2D eigenvalue weighted by molar-refractivity contribution is 5.94. The Morgan fingerprint density at radius 2 is 1.77 bits per heavy atom. The Morgan fingerprint density at radius 1 is 1.16 bits per heavy atom. The standard InChI is InChI=1S/C19H28N2O2.C4H4O4/c1-3-4-9-20-11-15-10-16(12-20)14-21(13-15)19(22)17-5-7-18(23-2)8-6-17;5-3(6)1-2-4(7)8/h5-8,15-16H,3-4,9-14H2,1-2H3;1-2H,(H,5,6)(H,7,8)/b;2-1-. The first-order chi connectivity index (χ1) is 14.8. The molecule has 2 fully saturated rings. The Morgan fingerprint density at radius 3 is 2.23 bits per heavy atom. The Balaban J connectivity index is 0.000000366. The number of rotatable bonds is 7.